The smallest absolute Gasteiger partial charge is 0.191 e. The van der Waals surface area contributed by atoms with Crippen LogP contribution < -0.4 is 10.6 Å². The van der Waals surface area contributed by atoms with Gasteiger partial charge in [0.2, 0.25) is 0 Å². The molecule has 32 heavy (non-hydrogen) atoms. The van der Waals surface area contributed by atoms with Gasteiger partial charge in [0.1, 0.15) is 0 Å². The van der Waals surface area contributed by atoms with Gasteiger partial charge in [0.05, 0.1) is 25.3 Å². The summed E-state index contributed by atoms with van der Waals surface area (Å²) in [6.45, 7) is 11.9. The van der Waals surface area contributed by atoms with Crippen LogP contribution in [-0.4, -0.2) is 91.8 Å². The Balaban J connectivity index is 0.00000363. The van der Waals surface area contributed by atoms with E-state index in [1.165, 1.54) is 23.5 Å². The summed E-state index contributed by atoms with van der Waals surface area (Å²) >= 11 is 2.07. The Kier molecular flexibility index (Phi) is 12.7. The fraction of sp³-hybridized carbons (Fsp3) is 0.708. The van der Waals surface area contributed by atoms with Crippen LogP contribution in [0.2, 0.25) is 0 Å². The third-order valence-electron chi connectivity index (χ3n) is 6.52. The van der Waals surface area contributed by atoms with Crippen molar-refractivity contribution in [3.63, 3.8) is 0 Å². The van der Waals surface area contributed by atoms with E-state index < -0.39 is 0 Å². The molecule has 0 bridgehead atoms. The minimum atomic E-state index is 0. The van der Waals surface area contributed by atoms with E-state index in [4.69, 9.17) is 9.73 Å². The molecule has 1 aromatic carbocycles. The lowest BCUT2D eigenvalue weighted by Gasteiger charge is -2.42. The second-order valence-electron chi connectivity index (χ2n) is 8.79. The van der Waals surface area contributed by atoms with Crippen LogP contribution >= 0.6 is 35.7 Å². The molecule has 8 heteroatoms. The molecule has 0 saturated carbocycles. The molecule has 2 saturated heterocycles. The quantitative estimate of drug-likeness (QED) is 0.254. The van der Waals surface area contributed by atoms with Crippen molar-refractivity contribution in [2.75, 3.05) is 64.5 Å². The number of hydrogen-bond acceptors (Lipinski definition) is 5. The first-order valence-corrected chi connectivity index (χ1v) is 13.0. The van der Waals surface area contributed by atoms with Gasteiger partial charge in [-0.1, -0.05) is 30.3 Å². The van der Waals surface area contributed by atoms with Crippen LogP contribution in [0.3, 0.4) is 0 Å². The van der Waals surface area contributed by atoms with Gasteiger partial charge < -0.3 is 15.4 Å². The molecule has 1 aromatic rings. The van der Waals surface area contributed by atoms with E-state index in [9.17, 15) is 0 Å². The Morgan fingerprint density at radius 1 is 1.25 bits per heavy atom. The van der Waals surface area contributed by atoms with Crippen molar-refractivity contribution in [1.29, 1.82) is 0 Å². The number of nitrogens with one attached hydrogen (secondary N) is 2. The molecule has 3 rings (SSSR count). The van der Waals surface area contributed by atoms with Crippen LogP contribution in [0, 0.1) is 0 Å². The van der Waals surface area contributed by atoms with Crippen molar-refractivity contribution in [3.05, 3.63) is 35.9 Å². The molecule has 0 aliphatic carbocycles. The third-order valence-corrected chi connectivity index (χ3v) is 7.76. The predicted octanol–water partition coefficient (Wildman–Crippen LogP) is 3.28. The van der Waals surface area contributed by atoms with E-state index in [1.807, 2.05) is 0 Å². The Bertz CT molecular complexity index is 666. The van der Waals surface area contributed by atoms with Crippen LogP contribution in [0.5, 0.6) is 0 Å². The SMILES string of the molecule is CCNC(=NCC1(N2CCOCC2)CCSC1)NCCC(C)N(C)Cc1ccccc1.I. The number of hydrogen-bond donors (Lipinski definition) is 2. The largest absolute Gasteiger partial charge is 0.379 e. The van der Waals surface area contributed by atoms with Gasteiger partial charge in [0.15, 0.2) is 5.96 Å². The molecule has 2 atom stereocenters. The van der Waals surface area contributed by atoms with Gasteiger partial charge >= 0.3 is 0 Å². The lowest BCUT2D eigenvalue weighted by Crippen LogP contribution is -2.56. The Hall–Kier alpha value is -0.550. The van der Waals surface area contributed by atoms with Gasteiger partial charge in [-0.05, 0) is 45.1 Å². The molecule has 182 valence electrons. The van der Waals surface area contributed by atoms with Crippen molar-refractivity contribution in [3.8, 4) is 0 Å². The Morgan fingerprint density at radius 2 is 2.00 bits per heavy atom. The van der Waals surface area contributed by atoms with Crippen molar-refractivity contribution >= 4 is 41.7 Å². The highest BCUT2D eigenvalue weighted by Crippen LogP contribution is 2.34. The molecule has 2 aliphatic rings. The monoisotopic (exact) mass is 575 g/mol. The molecular weight excluding hydrogens is 533 g/mol. The number of ether oxygens (including phenoxy) is 1. The molecule has 2 unspecified atom stereocenters. The molecule has 2 fully saturated rings. The van der Waals surface area contributed by atoms with Crippen molar-refractivity contribution in [1.82, 2.24) is 20.4 Å². The lowest BCUT2D eigenvalue weighted by molar-refractivity contribution is -0.0104. The van der Waals surface area contributed by atoms with Crippen molar-refractivity contribution < 1.29 is 4.74 Å². The van der Waals surface area contributed by atoms with E-state index in [0.717, 1.165) is 64.9 Å². The van der Waals surface area contributed by atoms with Crippen molar-refractivity contribution in [2.24, 2.45) is 4.99 Å². The second-order valence-corrected chi connectivity index (χ2v) is 9.89. The van der Waals surface area contributed by atoms with Gasteiger partial charge in [-0.2, -0.15) is 11.8 Å². The molecule has 6 nitrogen and oxygen atoms in total. The first kappa shape index (κ1) is 27.7. The van der Waals surface area contributed by atoms with E-state index in [2.05, 4.69) is 83.4 Å². The van der Waals surface area contributed by atoms with Gasteiger partial charge in [-0.25, -0.2) is 0 Å². The topological polar surface area (TPSA) is 52.1 Å². The maximum atomic E-state index is 5.59. The van der Waals surface area contributed by atoms with Crippen LogP contribution in [0.1, 0.15) is 32.3 Å². The first-order chi connectivity index (χ1) is 15.1. The fourth-order valence-electron chi connectivity index (χ4n) is 4.32. The average molecular weight is 576 g/mol. The summed E-state index contributed by atoms with van der Waals surface area (Å²) in [6, 6.07) is 11.2. The summed E-state index contributed by atoms with van der Waals surface area (Å²) in [6.07, 6.45) is 2.31. The van der Waals surface area contributed by atoms with Gasteiger partial charge in [0, 0.05) is 44.5 Å². The van der Waals surface area contributed by atoms with Crippen LogP contribution in [-0.2, 0) is 11.3 Å². The average Bonchev–Trinajstić information content (AvgIpc) is 3.29. The zero-order valence-electron chi connectivity index (χ0n) is 20.0. The maximum Gasteiger partial charge on any atom is 0.191 e. The van der Waals surface area contributed by atoms with E-state index >= 15 is 0 Å². The number of benzene rings is 1. The lowest BCUT2D eigenvalue weighted by atomic mass is 9.96. The van der Waals surface area contributed by atoms with Crippen LogP contribution in [0.25, 0.3) is 0 Å². The standard InChI is InChI=1S/C24H41N5OS.HI/c1-4-25-23(26-12-10-21(2)28(3)18-22-8-6-5-7-9-22)27-19-24(11-17-31-20-24)29-13-15-30-16-14-29;/h5-9,21H,4,10-20H2,1-3H3,(H2,25,26,27);1H. The predicted molar refractivity (Wildman–Crippen MR) is 148 cm³/mol. The maximum absolute atomic E-state index is 5.59. The Labute approximate surface area is 216 Å². The van der Waals surface area contributed by atoms with E-state index in [0.29, 0.717) is 6.04 Å². The summed E-state index contributed by atoms with van der Waals surface area (Å²) in [7, 11) is 2.21. The van der Waals surface area contributed by atoms with Crippen LogP contribution in [0.15, 0.2) is 35.3 Å². The highest BCUT2D eigenvalue weighted by molar-refractivity contribution is 14.0. The molecule has 2 N–H and O–H groups in total. The number of aliphatic imine (C=N–C) groups is 1. The molecular formula is C24H42IN5OS. The first-order valence-electron chi connectivity index (χ1n) is 11.8. The van der Waals surface area contributed by atoms with Crippen molar-refractivity contribution in [2.45, 2.75) is 44.8 Å². The minimum Gasteiger partial charge on any atom is -0.379 e. The highest BCUT2D eigenvalue weighted by atomic mass is 127. The summed E-state index contributed by atoms with van der Waals surface area (Å²) < 4.78 is 5.59. The highest BCUT2D eigenvalue weighted by Gasteiger charge is 2.40. The number of halogens is 1. The van der Waals surface area contributed by atoms with Crippen LogP contribution in [0.4, 0.5) is 0 Å². The molecule has 0 amide bonds. The van der Waals surface area contributed by atoms with Gasteiger partial charge in [-0.15, -0.1) is 24.0 Å². The number of rotatable bonds is 10. The number of guanidine groups is 1. The minimum absolute atomic E-state index is 0. The number of nitrogens with zero attached hydrogens (tertiary/aromatic N) is 3. The zero-order chi connectivity index (χ0) is 21.9. The van der Waals surface area contributed by atoms with Gasteiger partial charge in [-0.3, -0.25) is 14.8 Å². The molecule has 2 heterocycles. The Morgan fingerprint density at radius 3 is 2.66 bits per heavy atom. The molecule has 2 aliphatic heterocycles. The zero-order valence-corrected chi connectivity index (χ0v) is 23.2. The molecule has 0 spiro atoms. The number of thioether (sulfide) groups is 1. The fourth-order valence-corrected chi connectivity index (χ4v) is 5.79. The summed E-state index contributed by atoms with van der Waals surface area (Å²) in [5.74, 6) is 3.37. The molecule has 0 radical (unpaired) electrons. The number of morpholine rings is 1. The third kappa shape index (κ3) is 8.34. The summed E-state index contributed by atoms with van der Waals surface area (Å²) in [4.78, 5) is 10.1. The van der Waals surface area contributed by atoms with Gasteiger partial charge in [0.25, 0.3) is 0 Å². The summed E-state index contributed by atoms with van der Waals surface area (Å²) in [5, 5.41) is 7.02. The van der Waals surface area contributed by atoms with E-state index in [1.54, 1.807) is 0 Å². The normalized spacial score (nSPS) is 23.1. The summed E-state index contributed by atoms with van der Waals surface area (Å²) in [5.41, 5.74) is 1.56. The molecule has 0 aromatic heterocycles. The second kappa shape index (κ2) is 14.7. The van der Waals surface area contributed by atoms with E-state index in [-0.39, 0.29) is 29.5 Å².